The first-order chi connectivity index (χ1) is 8.26. The molecule has 1 fully saturated rings. The van der Waals surface area contributed by atoms with Crippen molar-refractivity contribution < 1.29 is 0 Å². The summed E-state index contributed by atoms with van der Waals surface area (Å²) in [5.41, 5.74) is 3.77. The summed E-state index contributed by atoms with van der Waals surface area (Å²) in [5, 5.41) is 0. The van der Waals surface area contributed by atoms with E-state index in [4.69, 9.17) is 5.84 Å². The molecule has 0 atom stereocenters. The van der Waals surface area contributed by atoms with Crippen molar-refractivity contribution in [3.8, 4) is 0 Å². The van der Waals surface area contributed by atoms with Gasteiger partial charge < -0.3 is 10.3 Å². The maximum absolute atomic E-state index is 5.49. The van der Waals surface area contributed by atoms with Gasteiger partial charge in [0.05, 0.1) is 0 Å². The monoisotopic (exact) mass is 235 g/mol. The number of nitrogen functional groups attached to an aromatic ring is 1. The molecule has 0 aromatic carbocycles. The molecule has 0 unspecified atom stereocenters. The Bertz CT molecular complexity index is 371. The number of nitrogens with two attached hydrogens (primary N) is 1. The Morgan fingerprint density at radius 1 is 1.41 bits per heavy atom. The summed E-state index contributed by atoms with van der Waals surface area (Å²) >= 11 is 0. The van der Waals surface area contributed by atoms with Gasteiger partial charge in [0.1, 0.15) is 18.0 Å². The van der Waals surface area contributed by atoms with Gasteiger partial charge in [0.2, 0.25) is 0 Å². The van der Waals surface area contributed by atoms with Gasteiger partial charge in [0.15, 0.2) is 0 Å². The fourth-order valence-electron chi connectivity index (χ4n) is 2.35. The lowest BCUT2D eigenvalue weighted by molar-refractivity contribution is 0.436. The smallest absolute Gasteiger partial charge is 0.148 e. The largest absolute Gasteiger partial charge is 0.356 e. The van der Waals surface area contributed by atoms with Gasteiger partial charge in [-0.2, -0.15) is 0 Å². The van der Waals surface area contributed by atoms with E-state index < -0.39 is 0 Å². The molecule has 1 aromatic heterocycles. The molecule has 1 aromatic rings. The van der Waals surface area contributed by atoms with Crippen LogP contribution in [0.5, 0.6) is 0 Å². The number of piperidine rings is 1. The zero-order chi connectivity index (χ0) is 12.3. The third kappa shape index (κ3) is 2.49. The van der Waals surface area contributed by atoms with Crippen molar-refractivity contribution in [2.24, 2.45) is 11.8 Å². The van der Waals surface area contributed by atoms with E-state index in [1.54, 1.807) is 6.33 Å². The molecular formula is C12H21N5. The first-order valence-electron chi connectivity index (χ1n) is 6.31. The fourth-order valence-corrected chi connectivity index (χ4v) is 2.35. The number of aromatic nitrogens is 2. The van der Waals surface area contributed by atoms with Crippen LogP contribution in [0.25, 0.3) is 0 Å². The van der Waals surface area contributed by atoms with Crippen molar-refractivity contribution in [2.75, 3.05) is 23.4 Å². The molecule has 17 heavy (non-hydrogen) atoms. The van der Waals surface area contributed by atoms with Gasteiger partial charge in [-0.25, -0.2) is 15.8 Å². The maximum Gasteiger partial charge on any atom is 0.148 e. The van der Waals surface area contributed by atoms with Gasteiger partial charge in [-0.3, -0.25) is 0 Å². The summed E-state index contributed by atoms with van der Waals surface area (Å²) < 4.78 is 0. The first-order valence-corrected chi connectivity index (χ1v) is 6.31. The molecule has 5 heteroatoms. The zero-order valence-electron chi connectivity index (χ0n) is 10.6. The van der Waals surface area contributed by atoms with Crippen LogP contribution >= 0.6 is 0 Å². The Morgan fingerprint density at radius 2 is 2.12 bits per heavy atom. The van der Waals surface area contributed by atoms with Crippen molar-refractivity contribution in [2.45, 2.75) is 33.1 Å². The number of anilines is 2. The van der Waals surface area contributed by atoms with Crippen LogP contribution in [0.4, 0.5) is 11.6 Å². The highest BCUT2D eigenvalue weighted by Crippen LogP contribution is 2.27. The number of hydrogen-bond donors (Lipinski definition) is 2. The Morgan fingerprint density at radius 3 is 2.71 bits per heavy atom. The Balaban J connectivity index is 2.25. The Kier molecular flexibility index (Phi) is 3.78. The van der Waals surface area contributed by atoms with E-state index in [0.717, 1.165) is 42.6 Å². The van der Waals surface area contributed by atoms with E-state index in [1.165, 1.54) is 12.8 Å². The van der Waals surface area contributed by atoms with Gasteiger partial charge in [-0.15, -0.1) is 0 Å². The highest BCUT2D eigenvalue weighted by atomic mass is 15.3. The number of nitrogens with one attached hydrogen (secondary N) is 1. The van der Waals surface area contributed by atoms with Crippen LogP contribution in [0.15, 0.2) is 6.33 Å². The molecule has 0 radical (unpaired) electrons. The van der Waals surface area contributed by atoms with Crippen LogP contribution in [0.2, 0.25) is 0 Å². The number of rotatable bonds is 3. The molecule has 0 bridgehead atoms. The molecule has 2 heterocycles. The predicted octanol–water partition coefficient (Wildman–Crippen LogP) is 1.56. The lowest BCUT2D eigenvalue weighted by Crippen LogP contribution is -2.34. The quantitative estimate of drug-likeness (QED) is 0.615. The zero-order valence-corrected chi connectivity index (χ0v) is 10.6. The van der Waals surface area contributed by atoms with Crippen LogP contribution in [0.3, 0.4) is 0 Å². The first kappa shape index (κ1) is 12.1. The molecule has 0 amide bonds. The van der Waals surface area contributed by atoms with E-state index in [9.17, 15) is 0 Å². The minimum Gasteiger partial charge on any atom is -0.356 e. The molecule has 3 N–H and O–H groups in total. The molecule has 1 aliphatic heterocycles. The topological polar surface area (TPSA) is 67.1 Å². The van der Waals surface area contributed by atoms with Gasteiger partial charge in [0.25, 0.3) is 0 Å². The molecule has 0 aliphatic carbocycles. The molecule has 1 saturated heterocycles. The summed E-state index contributed by atoms with van der Waals surface area (Å²) in [5.74, 6) is 8.10. The molecule has 0 saturated carbocycles. The lowest BCUT2D eigenvalue weighted by Gasteiger charge is -2.32. The summed E-state index contributed by atoms with van der Waals surface area (Å²) in [6, 6.07) is 0. The number of hydrazine groups is 1. The molecule has 2 rings (SSSR count). The fraction of sp³-hybridized carbons (Fsp3) is 0.667. The summed E-state index contributed by atoms with van der Waals surface area (Å²) in [7, 11) is 0. The molecular weight excluding hydrogens is 214 g/mol. The normalized spacial score (nSPS) is 17.2. The summed E-state index contributed by atoms with van der Waals surface area (Å²) in [4.78, 5) is 10.9. The van der Waals surface area contributed by atoms with Gasteiger partial charge >= 0.3 is 0 Å². The molecule has 94 valence electrons. The van der Waals surface area contributed by atoms with Crippen molar-refractivity contribution in [3.05, 3.63) is 11.9 Å². The summed E-state index contributed by atoms with van der Waals surface area (Å²) in [6.07, 6.45) is 4.95. The minimum absolute atomic E-state index is 0.746. The third-order valence-electron chi connectivity index (χ3n) is 3.50. The van der Waals surface area contributed by atoms with E-state index in [1.807, 2.05) is 0 Å². The predicted molar refractivity (Wildman–Crippen MR) is 69.8 cm³/mol. The maximum atomic E-state index is 5.49. The van der Waals surface area contributed by atoms with Crippen LogP contribution < -0.4 is 16.2 Å². The van der Waals surface area contributed by atoms with Gasteiger partial charge in [-0.1, -0.05) is 13.8 Å². The number of nitrogens with zero attached hydrogens (tertiary/aromatic N) is 3. The van der Waals surface area contributed by atoms with Crippen LogP contribution in [-0.2, 0) is 6.42 Å². The third-order valence-corrected chi connectivity index (χ3v) is 3.50. The van der Waals surface area contributed by atoms with Crippen LogP contribution in [0.1, 0.15) is 32.3 Å². The van der Waals surface area contributed by atoms with Crippen molar-refractivity contribution in [1.29, 1.82) is 0 Å². The highest BCUT2D eigenvalue weighted by Gasteiger charge is 2.20. The molecule has 0 spiro atoms. The van der Waals surface area contributed by atoms with E-state index in [2.05, 4.69) is 34.1 Å². The SMILES string of the molecule is CCc1c(NN)ncnc1N1CCC(C)CC1. The van der Waals surface area contributed by atoms with Gasteiger partial charge in [-0.05, 0) is 25.2 Å². The van der Waals surface area contributed by atoms with Crippen LogP contribution in [0, 0.1) is 5.92 Å². The average Bonchev–Trinajstić information content (AvgIpc) is 2.38. The van der Waals surface area contributed by atoms with Crippen molar-refractivity contribution in [1.82, 2.24) is 9.97 Å². The van der Waals surface area contributed by atoms with Gasteiger partial charge in [0, 0.05) is 18.7 Å². The minimum atomic E-state index is 0.746. The summed E-state index contributed by atoms with van der Waals surface area (Å²) in [6.45, 7) is 6.57. The number of hydrogen-bond acceptors (Lipinski definition) is 5. The second-order valence-corrected chi connectivity index (χ2v) is 4.69. The Labute approximate surface area is 102 Å². The molecule has 5 nitrogen and oxygen atoms in total. The second kappa shape index (κ2) is 5.31. The Hall–Kier alpha value is -1.36. The van der Waals surface area contributed by atoms with Crippen LogP contribution in [-0.4, -0.2) is 23.1 Å². The average molecular weight is 235 g/mol. The van der Waals surface area contributed by atoms with E-state index in [-0.39, 0.29) is 0 Å². The van der Waals surface area contributed by atoms with E-state index in [0.29, 0.717) is 0 Å². The standard InChI is InChI=1S/C12H21N5/c1-3-10-11(16-13)14-8-15-12(10)17-6-4-9(2)5-7-17/h8-9H,3-7,13H2,1-2H3,(H,14,15,16). The second-order valence-electron chi connectivity index (χ2n) is 4.69. The van der Waals surface area contributed by atoms with Crippen molar-refractivity contribution in [3.63, 3.8) is 0 Å². The van der Waals surface area contributed by atoms with E-state index >= 15 is 0 Å². The highest BCUT2D eigenvalue weighted by molar-refractivity contribution is 5.58. The lowest BCUT2D eigenvalue weighted by atomic mass is 9.99. The van der Waals surface area contributed by atoms with Crippen molar-refractivity contribution >= 4 is 11.6 Å². The molecule has 1 aliphatic rings.